The van der Waals surface area contributed by atoms with E-state index in [0.29, 0.717) is 11.7 Å². The number of rotatable bonds is 4. The maximum Gasteiger partial charge on any atom is 0.263 e. The highest BCUT2D eigenvalue weighted by molar-refractivity contribution is 7.92. The number of aryl methyl sites for hydroxylation is 1. The number of aromatic nitrogens is 1. The summed E-state index contributed by atoms with van der Waals surface area (Å²) < 4.78 is 27.4. The van der Waals surface area contributed by atoms with Gasteiger partial charge in [0.15, 0.2) is 0 Å². The molecule has 1 aromatic heterocycles. The van der Waals surface area contributed by atoms with Crippen molar-refractivity contribution >= 4 is 28.2 Å². The lowest BCUT2D eigenvalue weighted by molar-refractivity contribution is 0.443. The molecule has 2 aromatic rings. The Balaban J connectivity index is 0.00000208. The van der Waals surface area contributed by atoms with Crippen LogP contribution in [0, 0.1) is 6.92 Å². The van der Waals surface area contributed by atoms with E-state index in [9.17, 15) is 8.42 Å². The molecule has 0 atom stereocenters. The molecule has 0 spiro atoms. The molecule has 130 valence electrons. The average molecular weight is 367 g/mol. The molecule has 0 saturated heterocycles. The van der Waals surface area contributed by atoms with Crippen LogP contribution in [0.3, 0.4) is 0 Å². The van der Waals surface area contributed by atoms with Crippen LogP contribution in [0.1, 0.15) is 49.1 Å². The van der Waals surface area contributed by atoms with Crippen LogP contribution in [-0.2, 0) is 10.0 Å². The monoisotopic (exact) mass is 366 g/mol. The summed E-state index contributed by atoms with van der Waals surface area (Å²) in [5.41, 5.74) is 2.21. The van der Waals surface area contributed by atoms with Crippen molar-refractivity contribution in [2.24, 2.45) is 0 Å². The van der Waals surface area contributed by atoms with Crippen molar-refractivity contribution in [1.29, 1.82) is 0 Å². The molecule has 0 aliphatic heterocycles. The Morgan fingerprint density at radius 1 is 1.04 bits per heavy atom. The van der Waals surface area contributed by atoms with E-state index in [1.807, 2.05) is 25.1 Å². The Labute approximate surface area is 150 Å². The Hall–Kier alpha value is -1.59. The summed E-state index contributed by atoms with van der Waals surface area (Å²) in [4.78, 5) is 4.33. The fourth-order valence-electron chi connectivity index (χ4n) is 3.14. The summed E-state index contributed by atoms with van der Waals surface area (Å²) in [6.45, 7) is 1.90. The van der Waals surface area contributed by atoms with E-state index in [2.05, 4.69) is 9.71 Å². The number of anilines is 1. The third-order valence-corrected chi connectivity index (χ3v) is 5.79. The highest BCUT2D eigenvalue weighted by atomic mass is 35.5. The normalized spacial score (nSPS) is 15.5. The summed E-state index contributed by atoms with van der Waals surface area (Å²) in [5.74, 6) is 0.924. The molecule has 0 amide bonds. The van der Waals surface area contributed by atoms with Gasteiger partial charge in [0.05, 0.1) is 4.90 Å². The first kappa shape index (κ1) is 18.7. The summed E-state index contributed by atoms with van der Waals surface area (Å²) in [6, 6.07) is 10.8. The number of benzene rings is 1. The second kappa shape index (κ2) is 7.99. The number of hydrogen-bond donors (Lipinski definition) is 1. The van der Waals surface area contributed by atoms with Crippen LogP contribution in [-0.4, -0.2) is 13.4 Å². The van der Waals surface area contributed by atoms with Gasteiger partial charge in [-0.25, -0.2) is 13.4 Å². The number of halogens is 1. The molecule has 1 fully saturated rings. The SMILES string of the molecule is Cc1ccnc(NS(=O)(=O)c2ccc(C3CCCCC3)cc2)c1.Cl. The van der Waals surface area contributed by atoms with Crippen molar-refractivity contribution in [2.45, 2.75) is 49.8 Å². The lowest BCUT2D eigenvalue weighted by atomic mass is 9.84. The van der Waals surface area contributed by atoms with Gasteiger partial charge in [-0.15, -0.1) is 12.4 Å². The van der Waals surface area contributed by atoms with Crippen molar-refractivity contribution in [3.05, 3.63) is 53.7 Å². The minimum absolute atomic E-state index is 0. The molecule has 4 nitrogen and oxygen atoms in total. The summed E-state index contributed by atoms with van der Waals surface area (Å²) in [6.07, 6.45) is 7.86. The van der Waals surface area contributed by atoms with E-state index in [-0.39, 0.29) is 17.3 Å². The van der Waals surface area contributed by atoms with Crippen molar-refractivity contribution in [1.82, 2.24) is 4.98 Å². The Bertz CT molecular complexity index is 770. The molecule has 0 unspecified atom stereocenters. The summed E-state index contributed by atoms with van der Waals surface area (Å²) in [7, 11) is -3.59. The van der Waals surface area contributed by atoms with Gasteiger partial charge in [0.2, 0.25) is 0 Å². The van der Waals surface area contributed by atoms with Crippen molar-refractivity contribution < 1.29 is 8.42 Å². The zero-order chi connectivity index (χ0) is 16.3. The third-order valence-electron chi connectivity index (χ3n) is 4.42. The van der Waals surface area contributed by atoms with Crippen LogP contribution in [0.2, 0.25) is 0 Å². The van der Waals surface area contributed by atoms with Crippen LogP contribution < -0.4 is 4.72 Å². The van der Waals surface area contributed by atoms with Gasteiger partial charge in [0.25, 0.3) is 10.0 Å². The van der Waals surface area contributed by atoms with E-state index in [0.717, 1.165) is 5.56 Å². The second-order valence-electron chi connectivity index (χ2n) is 6.23. The first-order valence-electron chi connectivity index (χ1n) is 8.10. The number of nitrogens with zero attached hydrogens (tertiary/aromatic N) is 1. The van der Waals surface area contributed by atoms with Crippen molar-refractivity contribution in [3.63, 3.8) is 0 Å². The minimum atomic E-state index is -3.59. The molecule has 1 N–H and O–H groups in total. The molecule has 24 heavy (non-hydrogen) atoms. The lowest BCUT2D eigenvalue weighted by Crippen LogP contribution is -2.14. The van der Waals surface area contributed by atoms with Crippen LogP contribution in [0.15, 0.2) is 47.5 Å². The lowest BCUT2D eigenvalue weighted by Gasteiger charge is -2.22. The summed E-state index contributed by atoms with van der Waals surface area (Å²) in [5, 5.41) is 0. The highest BCUT2D eigenvalue weighted by Crippen LogP contribution is 2.33. The number of pyridine rings is 1. The molecule has 0 bridgehead atoms. The highest BCUT2D eigenvalue weighted by Gasteiger charge is 2.18. The van der Waals surface area contributed by atoms with E-state index < -0.39 is 10.0 Å². The zero-order valence-electron chi connectivity index (χ0n) is 13.7. The fourth-order valence-corrected chi connectivity index (χ4v) is 4.14. The van der Waals surface area contributed by atoms with Crippen LogP contribution in [0.4, 0.5) is 5.82 Å². The zero-order valence-corrected chi connectivity index (χ0v) is 15.4. The predicted octanol–water partition coefficient (Wildman–Crippen LogP) is 4.66. The molecule has 6 heteroatoms. The molecule has 1 heterocycles. The van der Waals surface area contributed by atoms with E-state index in [1.165, 1.54) is 37.7 Å². The minimum Gasteiger partial charge on any atom is -0.263 e. The van der Waals surface area contributed by atoms with Gasteiger partial charge in [0.1, 0.15) is 5.82 Å². The number of hydrogen-bond acceptors (Lipinski definition) is 3. The quantitative estimate of drug-likeness (QED) is 0.855. The predicted molar refractivity (Wildman–Crippen MR) is 99.3 cm³/mol. The first-order chi connectivity index (χ1) is 11.0. The molecule has 0 radical (unpaired) electrons. The molecular formula is C18H23ClN2O2S. The molecule has 1 aromatic carbocycles. The van der Waals surface area contributed by atoms with Gasteiger partial charge in [-0.1, -0.05) is 31.4 Å². The van der Waals surface area contributed by atoms with E-state index in [1.54, 1.807) is 24.4 Å². The smallest absolute Gasteiger partial charge is 0.263 e. The maximum atomic E-state index is 12.4. The van der Waals surface area contributed by atoms with Crippen molar-refractivity contribution in [2.75, 3.05) is 4.72 Å². The Morgan fingerprint density at radius 2 is 1.71 bits per heavy atom. The Kier molecular flexibility index (Phi) is 6.24. The topological polar surface area (TPSA) is 59.1 Å². The van der Waals surface area contributed by atoms with Gasteiger partial charge >= 0.3 is 0 Å². The van der Waals surface area contributed by atoms with Crippen LogP contribution in [0.25, 0.3) is 0 Å². The van der Waals surface area contributed by atoms with Gasteiger partial charge in [-0.3, -0.25) is 4.72 Å². The van der Waals surface area contributed by atoms with Crippen LogP contribution in [0.5, 0.6) is 0 Å². The van der Waals surface area contributed by atoms with Gasteiger partial charge in [-0.2, -0.15) is 0 Å². The standard InChI is InChI=1S/C18H22N2O2S.ClH/c1-14-11-12-19-18(13-14)20-23(21,22)17-9-7-16(8-10-17)15-5-3-2-4-6-15;/h7-13,15H,2-6H2,1H3,(H,19,20);1H. The number of nitrogens with one attached hydrogen (secondary N) is 1. The molecular weight excluding hydrogens is 344 g/mol. The molecule has 1 saturated carbocycles. The largest absolute Gasteiger partial charge is 0.263 e. The fraction of sp³-hybridized carbons (Fsp3) is 0.389. The van der Waals surface area contributed by atoms with Gasteiger partial charge < -0.3 is 0 Å². The molecule has 3 rings (SSSR count). The summed E-state index contributed by atoms with van der Waals surface area (Å²) >= 11 is 0. The maximum absolute atomic E-state index is 12.4. The van der Waals surface area contributed by atoms with Gasteiger partial charge in [0, 0.05) is 6.20 Å². The van der Waals surface area contributed by atoms with E-state index in [4.69, 9.17) is 0 Å². The van der Waals surface area contributed by atoms with Gasteiger partial charge in [-0.05, 0) is 61.1 Å². The molecule has 1 aliphatic carbocycles. The third kappa shape index (κ3) is 4.48. The van der Waals surface area contributed by atoms with Crippen LogP contribution >= 0.6 is 12.4 Å². The molecule has 1 aliphatic rings. The van der Waals surface area contributed by atoms with E-state index >= 15 is 0 Å². The van der Waals surface area contributed by atoms with Crippen molar-refractivity contribution in [3.8, 4) is 0 Å². The number of sulfonamides is 1. The Morgan fingerprint density at radius 3 is 2.33 bits per heavy atom. The average Bonchev–Trinajstić information content (AvgIpc) is 2.55. The first-order valence-corrected chi connectivity index (χ1v) is 9.58. The second-order valence-corrected chi connectivity index (χ2v) is 7.91.